The average molecular weight is 240 g/mol. The van der Waals surface area contributed by atoms with Crippen molar-refractivity contribution in [3.63, 3.8) is 0 Å². The molecule has 2 aliphatic rings. The van der Waals surface area contributed by atoms with Crippen molar-refractivity contribution < 1.29 is 4.74 Å². The molecule has 0 aromatic carbocycles. The maximum absolute atomic E-state index is 5.96. The normalized spacial score (nSPS) is 27.7. The van der Waals surface area contributed by atoms with Gasteiger partial charge in [-0.2, -0.15) is 0 Å². The van der Waals surface area contributed by atoms with Gasteiger partial charge in [0.25, 0.3) is 0 Å². The Morgan fingerprint density at radius 2 is 2.06 bits per heavy atom. The molecule has 3 nitrogen and oxygen atoms in total. The van der Waals surface area contributed by atoms with E-state index in [2.05, 4.69) is 17.1 Å². The number of ether oxygens (including phenoxy) is 1. The molecular formula is C14H28N2O. The molecule has 1 unspecified atom stereocenters. The smallest absolute Gasteiger partial charge is 0.0600 e. The fourth-order valence-electron chi connectivity index (χ4n) is 3.07. The molecule has 0 aromatic rings. The molecule has 0 saturated carbocycles. The molecule has 0 spiro atoms. The van der Waals surface area contributed by atoms with Crippen molar-refractivity contribution in [2.24, 2.45) is 5.92 Å². The molecule has 0 aromatic heterocycles. The lowest BCUT2D eigenvalue weighted by Gasteiger charge is -2.24. The molecule has 0 bridgehead atoms. The summed E-state index contributed by atoms with van der Waals surface area (Å²) in [7, 11) is 0. The van der Waals surface area contributed by atoms with E-state index in [0.29, 0.717) is 6.10 Å². The minimum Gasteiger partial charge on any atom is -0.377 e. The van der Waals surface area contributed by atoms with Crippen LogP contribution in [0, 0.1) is 5.92 Å². The van der Waals surface area contributed by atoms with Crippen molar-refractivity contribution in [1.29, 1.82) is 0 Å². The van der Waals surface area contributed by atoms with Gasteiger partial charge < -0.3 is 15.0 Å². The standard InChI is InChI=1S/C14H28N2O/c1-2-3-13-6-9-16(12-13)10-11-17-14-4-7-15-8-5-14/h13-15H,2-12H2,1H3. The maximum Gasteiger partial charge on any atom is 0.0600 e. The van der Waals surface area contributed by atoms with Crippen molar-refractivity contribution in [3.8, 4) is 0 Å². The lowest BCUT2D eigenvalue weighted by Crippen LogP contribution is -2.34. The summed E-state index contributed by atoms with van der Waals surface area (Å²) in [5, 5.41) is 3.38. The van der Waals surface area contributed by atoms with Gasteiger partial charge in [-0.1, -0.05) is 13.3 Å². The Labute approximate surface area is 106 Å². The van der Waals surface area contributed by atoms with Crippen LogP contribution in [-0.2, 0) is 4.74 Å². The number of hydrogen-bond acceptors (Lipinski definition) is 3. The van der Waals surface area contributed by atoms with E-state index in [1.54, 1.807) is 0 Å². The van der Waals surface area contributed by atoms with E-state index in [1.165, 1.54) is 45.2 Å². The predicted octanol–water partition coefficient (Wildman–Crippen LogP) is 1.88. The molecule has 2 fully saturated rings. The first-order valence-electron chi connectivity index (χ1n) is 7.43. The van der Waals surface area contributed by atoms with Crippen LogP contribution in [0.15, 0.2) is 0 Å². The topological polar surface area (TPSA) is 24.5 Å². The van der Waals surface area contributed by atoms with Crippen LogP contribution in [-0.4, -0.2) is 50.3 Å². The van der Waals surface area contributed by atoms with Crippen LogP contribution < -0.4 is 5.32 Å². The summed E-state index contributed by atoms with van der Waals surface area (Å²) < 4.78 is 5.96. The second-order valence-electron chi connectivity index (χ2n) is 5.56. The molecule has 2 saturated heterocycles. The highest BCUT2D eigenvalue weighted by Gasteiger charge is 2.21. The van der Waals surface area contributed by atoms with Crippen LogP contribution in [0.4, 0.5) is 0 Å². The Kier molecular flexibility index (Phi) is 5.75. The van der Waals surface area contributed by atoms with Crippen molar-refractivity contribution in [1.82, 2.24) is 10.2 Å². The van der Waals surface area contributed by atoms with Crippen molar-refractivity contribution in [2.45, 2.75) is 45.1 Å². The van der Waals surface area contributed by atoms with E-state index >= 15 is 0 Å². The van der Waals surface area contributed by atoms with Crippen molar-refractivity contribution in [3.05, 3.63) is 0 Å². The first-order chi connectivity index (χ1) is 8.38. The molecule has 17 heavy (non-hydrogen) atoms. The third-order valence-corrected chi connectivity index (χ3v) is 4.11. The second-order valence-corrected chi connectivity index (χ2v) is 5.56. The lowest BCUT2D eigenvalue weighted by molar-refractivity contribution is 0.0225. The fourth-order valence-corrected chi connectivity index (χ4v) is 3.07. The van der Waals surface area contributed by atoms with E-state index in [0.717, 1.165) is 32.2 Å². The number of piperidine rings is 1. The van der Waals surface area contributed by atoms with E-state index in [9.17, 15) is 0 Å². The van der Waals surface area contributed by atoms with Gasteiger partial charge in [-0.3, -0.25) is 0 Å². The van der Waals surface area contributed by atoms with Crippen LogP contribution in [0.5, 0.6) is 0 Å². The van der Waals surface area contributed by atoms with Gasteiger partial charge in [-0.05, 0) is 51.2 Å². The number of nitrogens with one attached hydrogen (secondary N) is 1. The van der Waals surface area contributed by atoms with Gasteiger partial charge in [0.15, 0.2) is 0 Å². The van der Waals surface area contributed by atoms with Crippen molar-refractivity contribution >= 4 is 0 Å². The third kappa shape index (κ3) is 4.57. The molecule has 3 heteroatoms. The molecule has 1 atom stereocenters. The monoisotopic (exact) mass is 240 g/mol. The first-order valence-corrected chi connectivity index (χ1v) is 7.43. The van der Waals surface area contributed by atoms with Crippen molar-refractivity contribution in [2.75, 3.05) is 39.3 Å². The van der Waals surface area contributed by atoms with E-state index in [4.69, 9.17) is 4.74 Å². The van der Waals surface area contributed by atoms with Gasteiger partial charge in [0.2, 0.25) is 0 Å². The number of rotatable bonds is 6. The zero-order chi connectivity index (χ0) is 11.9. The molecule has 2 heterocycles. The zero-order valence-corrected chi connectivity index (χ0v) is 11.3. The predicted molar refractivity (Wildman–Crippen MR) is 71.3 cm³/mol. The van der Waals surface area contributed by atoms with Gasteiger partial charge in [0, 0.05) is 13.1 Å². The molecule has 0 amide bonds. The maximum atomic E-state index is 5.96. The van der Waals surface area contributed by atoms with E-state index in [1.807, 2.05) is 0 Å². The second kappa shape index (κ2) is 7.34. The molecule has 2 aliphatic heterocycles. The molecule has 2 rings (SSSR count). The van der Waals surface area contributed by atoms with Gasteiger partial charge in [-0.15, -0.1) is 0 Å². The molecule has 0 radical (unpaired) electrons. The van der Waals surface area contributed by atoms with Crippen LogP contribution >= 0.6 is 0 Å². The highest BCUT2D eigenvalue weighted by molar-refractivity contribution is 4.75. The Balaban J connectivity index is 1.53. The lowest BCUT2D eigenvalue weighted by atomic mass is 10.0. The van der Waals surface area contributed by atoms with Crippen LogP contribution in [0.25, 0.3) is 0 Å². The Hall–Kier alpha value is -0.120. The Morgan fingerprint density at radius 1 is 1.24 bits per heavy atom. The van der Waals surface area contributed by atoms with Gasteiger partial charge in [0.1, 0.15) is 0 Å². The zero-order valence-electron chi connectivity index (χ0n) is 11.3. The summed E-state index contributed by atoms with van der Waals surface area (Å²) in [5.41, 5.74) is 0. The highest BCUT2D eigenvalue weighted by Crippen LogP contribution is 2.20. The summed E-state index contributed by atoms with van der Waals surface area (Å²) in [6.07, 6.45) is 7.05. The summed E-state index contributed by atoms with van der Waals surface area (Å²) >= 11 is 0. The number of nitrogens with zero attached hydrogens (tertiary/aromatic N) is 1. The summed E-state index contributed by atoms with van der Waals surface area (Å²) in [6, 6.07) is 0. The van der Waals surface area contributed by atoms with E-state index in [-0.39, 0.29) is 0 Å². The fraction of sp³-hybridized carbons (Fsp3) is 1.00. The summed E-state index contributed by atoms with van der Waals surface area (Å²) in [4.78, 5) is 2.58. The third-order valence-electron chi connectivity index (χ3n) is 4.11. The van der Waals surface area contributed by atoms with Crippen LogP contribution in [0.2, 0.25) is 0 Å². The minimum absolute atomic E-state index is 0.519. The van der Waals surface area contributed by atoms with Crippen LogP contribution in [0.1, 0.15) is 39.0 Å². The molecule has 0 aliphatic carbocycles. The summed E-state index contributed by atoms with van der Waals surface area (Å²) in [6.45, 7) is 9.24. The Morgan fingerprint density at radius 3 is 2.82 bits per heavy atom. The molecular weight excluding hydrogens is 212 g/mol. The van der Waals surface area contributed by atoms with Crippen LogP contribution in [0.3, 0.4) is 0 Å². The van der Waals surface area contributed by atoms with Gasteiger partial charge in [-0.25, -0.2) is 0 Å². The Bertz CT molecular complexity index is 204. The van der Waals surface area contributed by atoms with Gasteiger partial charge in [0.05, 0.1) is 12.7 Å². The highest BCUT2D eigenvalue weighted by atomic mass is 16.5. The first kappa shape index (κ1) is 13.3. The summed E-state index contributed by atoms with van der Waals surface area (Å²) in [5.74, 6) is 0.957. The minimum atomic E-state index is 0.519. The van der Waals surface area contributed by atoms with Gasteiger partial charge >= 0.3 is 0 Å². The number of hydrogen-bond donors (Lipinski definition) is 1. The largest absolute Gasteiger partial charge is 0.377 e. The van der Waals surface area contributed by atoms with E-state index < -0.39 is 0 Å². The SMILES string of the molecule is CCCC1CCN(CCOC2CCNCC2)C1. The molecule has 100 valence electrons. The average Bonchev–Trinajstić information content (AvgIpc) is 2.79. The quantitative estimate of drug-likeness (QED) is 0.767. The molecule has 1 N–H and O–H groups in total. The number of likely N-dealkylation sites (tertiary alicyclic amines) is 1.